The van der Waals surface area contributed by atoms with E-state index in [0.29, 0.717) is 11.3 Å². The summed E-state index contributed by atoms with van der Waals surface area (Å²) in [6, 6.07) is 15.1. The van der Waals surface area contributed by atoms with Gasteiger partial charge in [0.25, 0.3) is 10.0 Å². The lowest BCUT2D eigenvalue weighted by atomic mass is 9.94. The lowest BCUT2D eigenvalue weighted by Gasteiger charge is -2.40. The molecule has 0 fully saturated rings. The van der Waals surface area contributed by atoms with E-state index in [-0.39, 0.29) is 4.90 Å². The minimum absolute atomic E-state index is 0.0691. The minimum atomic E-state index is -4.09. The maximum absolute atomic E-state index is 16.0. The van der Waals surface area contributed by atoms with E-state index in [0.717, 1.165) is 24.1 Å². The van der Waals surface area contributed by atoms with Gasteiger partial charge in [0.1, 0.15) is 0 Å². The maximum Gasteiger partial charge on any atom is 0.267 e. The van der Waals surface area contributed by atoms with Crippen molar-refractivity contribution < 1.29 is 12.8 Å². The van der Waals surface area contributed by atoms with E-state index >= 15 is 4.39 Å². The summed E-state index contributed by atoms with van der Waals surface area (Å²) < 4.78 is 44.4. The van der Waals surface area contributed by atoms with Crippen LogP contribution < -0.4 is 4.31 Å². The molecule has 0 N–H and O–H groups in total. The zero-order chi connectivity index (χ0) is 18.7. The zero-order valence-corrected chi connectivity index (χ0v) is 17.3. The van der Waals surface area contributed by atoms with Gasteiger partial charge >= 0.3 is 0 Å². The Bertz CT molecular complexity index is 1100. The molecule has 26 heavy (non-hydrogen) atoms. The average molecular weight is 452 g/mol. The number of rotatable bonds is 2. The van der Waals surface area contributed by atoms with Gasteiger partial charge in [-0.15, -0.1) is 11.3 Å². The van der Waals surface area contributed by atoms with Gasteiger partial charge < -0.3 is 0 Å². The Labute approximate surface area is 164 Å². The molecule has 7 heteroatoms. The maximum atomic E-state index is 16.0. The molecule has 0 saturated heterocycles. The van der Waals surface area contributed by atoms with E-state index in [1.165, 1.54) is 30.4 Å². The molecule has 2 aromatic carbocycles. The van der Waals surface area contributed by atoms with Crippen molar-refractivity contribution in [2.24, 2.45) is 0 Å². The van der Waals surface area contributed by atoms with Gasteiger partial charge in [-0.05, 0) is 48.0 Å². The van der Waals surface area contributed by atoms with Crippen LogP contribution in [-0.4, -0.2) is 8.42 Å². The third kappa shape index (κ3) is 2.52. The first-order valence-electron chi connectivity index (χ1n) is 7.93. The van der Waals surface area contributed by atoms with Gasteiger partial charge in [-0.25, -0.2) is 17.1 Å². The Morgan fingerprint density at radius 3 is 2.46 bits per heavy atom. The molecule has 0 radical (unpaired) electrons. The third-order valence-corrected chi connectivity index (χ3v) is 8.05. The normalized spacial score (nSPS) is 19.2. The van der Waals surface area contributed by atoms with Crippen LogP contribution in [0.1, 0.15) is 18.1 Å². The van der Waals surface area contributed by atoms with Gasteiger partial charge in [0.05, 0.1) is 19.2 Å². The summed E-state index contributed by atoms with van der Waals surface area (Å²) in [5, 5.41) is 0. The summed E-state index contributed by atoms with van der Waals surface area (Å²) in [4.78, 5) is 0.804. The molecule has 1 aromatic heterocycles. The van der Waals surface area contributed by atoms with Gasteiger partial charge in [0, 0.05) is 11.1 Å². The Kier molecular flexibility index (Phi) is 4.02. The number of fused-ring (bicyclic) bond motifs is 3. The van der Waals surface area contributed by atoms with Crippen molar-refractivity contribution in [3.63, 3.8) is 0 Å². The van der Waals surface area contributed by atoms with Gasteiger partial charge in [0.2, 0.25) is 5.79 Å². The van der Waals surface area contributed by atoms with Crippen molar-refractivity contribution in [1.82, 2.24) is 0 Å². The van der Waals surface area contributed by atoms with Crippen molar-refractivity contribution in [2.45, 2.75) is 24.5 Å². The first-order chi connectivity index (χ1) is 12.2. The Balaban J connectivity index is 2.01. The second kappa shape index (κ2) is 5.90. The quantitative estimate of drug-likeness (QED) is 0.459. The van der Waals surface area contributed by atoms with Gasteiger partial charge in [-0.2, -0.15) is 0 Å². The highest BCUT2D eigenvalue weighted by Gasteiger charge is 2.48. The summed E-state index contributed by atoms with van der Waals surface area (Å²) in [7, 11) is -4.09. The lowest BCUT2D eigenvalue weighted by Crippen LogP contribution is -2.46. The molecule has 0 aliphatic carbocycles. The third-order valence-electron chi connectivity index (χ3n) is 4.51. The molecule has 1 aliphatic rings. The number of anilines is 1. The molecular formula is C19H15BrFNO2S2. The van der Waals surface area contributed by atoms with Gasteiger partial charge in [0.15, 0.2) is 0 Å². The molecule has 0 amide bonds. The number of thiophene rings is 1. The molecule has 1 unspecified atom stereocenters. The van der Waals surface area contributed by atoms with Crippen LogP contribution in [0.5, 0.6) is 0 Å². The molecule has 0 spiro atoms. The first-order valence-corrected chi connectivity index (χ1v) is 11.0. The molecule has 0 saturated carbocycles. The van der Waals surface area contributed by atoms with E-state index in [2.05, 4.69) is 15.9 Å². The number of hydrogen-bond donors (Lipinski definition) is 0. The van der Waals surface area contributed by atoms with Crippen LogP contribution in [-0.2, 0) is 15.8 Å². The smallest absolute Gasteiger partial charge is 0.226 e. The molecule has 4 rings (SSSR count). The van der Waals surface area contributed by atoms with Gasteiger partial charge in [-0.3, -0.25) is 0 Å². The second-order valence-electron chi connectivity index (χ2n) is 6.35. The summed E-state index contributed by atoms with van der Waals surface area (Å²) in [5.41, 5.74) is 2.36. The fourth-order valence-corrected chi connectivity index (χ4v) is 6.59. The van der Waals surface area contributed by atoms with E-state index in [9.17, 15) is 8.42 Å². The number of hydrogen-bond acceptors (Lipinski definition) is 3. The number of nitrogens with zero attached hydrogens (tertiary/aromatic N) is 1. The standard InChI is InChI=1S/C19H15BrFNO2S2/c1-12-7-9-13(10-8-12)26(23,24)22-16-11-17(20)25-18(16)14-5-3-4-6-15(14)19(22,2)21/h3-11H,1-2H3. The van der Waals surface area contributed by atoms with Gasteiger partial charge in [-0.1, -0.05) is 42.0 Å². The number of halogens is 2. The molecule has 1 atom stereocenters. The van der Waals surface area contributed by atoms with Crippen molar-refractivity contribution in [1.29, 1.82) is 0 Å². The number of aryl methyl sites for hydroxylation is 1. The second-order valence-corrected chi connectivity index (χ2v) is 10.6. The largest absolute Gasteiger partial charge is 0.267 e. The minimum Gasteiger partial charge on any atom is -0.226 e. The zero-order valence-electron chi connectivity index (χ0n) is 14.0. The summed E-state index contributed by atoms with van der Waals surface area (Å²) in [6.45, 7) is 3.17. The van der Waals surface area contributed by atoms with Crippen LogP contribution in [0, 0.1) is 6.92 Å². The van der Waals surface area contributed by atoms with Crippen LogP contribution in [0.25, 0.3) is 10.4 Å². The Morgan fingerprint density at radius 2 is 1.77 bits per heavy atom. The molecule has 3 aromatic rings. The summed E-state index contributed by atoms with van der Waals surface area (Å²) in [5.74, 6) is -2.20. The van der Waals surface area contributed by atoms with Crippen molar-refractivity contribution in [2.75, 3.05) is 4.31 Å². The number of alkyl halides is 1. The van der Waals surface area contributed by atoms with E-state index in [4.69, 9.17) is 0 Å². The SMILES string of the molecule is Cc1ccc(S(=O)(=O)N2c3cc(Br)sc3-c3ccccc3C2(C)F)cc1. The van der Waals surface area contributed by atoms with E-state index in [1.807, 2.05) is 19.1 Å². The highest BCUT2D eigenvalue weighted by molar-refractivity contribution is 9.11. The van der Waals surface area contributed by atoms with Crippen LogP contribution in [0.3, 0.4) is 0 Å². The average Bonchev–Trinajstić information content (AvgIpc) is 2.96. The molecule has 3 nitrogen and oxygen atoms in total. The fourth-order valence-electron chi connectivity index (χ4n) is 3.28. The monoisotopic (exact) mass is 451 g/mol. The van der Waals surface area contributed by atoms with Crippen molar-refractivity contribution >= 4 is 43.0 Å². The fraction of sp³-hybridized carbons (Fsp3) is 0.158. The predicted molar refractivity (Wildman–Crippen MR) is 107 cm³/mol. The summed E-state index contributed by atoms with van der Waals surface area (Å²) in [6.07, 6.45) is 0. The van der Waals surface area contributed by atoms with Crippen LogP contribution in [0.2, 0.25) is 0 Å². The van der Waals surface area contributed by atoms with E-state index < -0.39 is 15.8 Å². The molecule has 2 heterocycles. The molecule has 1 aliphatic heterocycles. The first kappa shape index (κ1) is 17.7. The van der Waals surface area contributed by atoms with Crippen LogP contribution >= 0.6 is 27.3 Å². The number of benzene rings is 2. The Morgan fingerprint density at radius 1 is 1.12 bits per heavy atom. The Hall–Kier alpha value is -1.70. The number of sulfonamides is 1. The van der Waals surface area contributed by atoms with Crippen molar-refractivity contribution in [3.8, 4) is 10.4 Å². The van der Waals surface area contributed by atoms with Crippen LogP contribution in [0.15, 0.2) is 63.3 Å². The highest BCUT2D eigenvalue weighted by Crippen LogP contribution is 2.54. The van der Waals surface area contributed by atoms with E-state index in [1.54, 1.807) is 30.3 Å². The lowest BCUT2D eigenvalue weighted by molar-refractivity contribution is 0.207. The predicted octanol–water partition coefficient (Wildman–Crippen LogP) is 5.84. The summed E-state index contributed by atoms with van der Waals surface area (Å²) >= 11 is 4.81. The highest BCUT2D eigenvalue weighted by atomic mass is 79.9. The molecular weight excluding hydrogens is 437 g/mol. The van der Waals surface area contributed by atoms with Crippen molar-refractivity contribution in [3.05, 3.63) is 69.5 Å². The molecule has 134 valence electrons. The topological polar surface area (TPSA) is 37.4 Å². The molecule has 0 bridgehead atoms. The van der Waals surface area contributed by atoms with Crippen LogP contribution in [0.4, 0.5) is 10.1 Å².